The van der Waals surface area contributed by atoms with Crippen LogP contribution in [-0.4, -0.2) is 29.0 Å². The van der Waals surface area contributed by atoms with Crippen molar-refractivity contribution in [3.8, 4) is 5.75 Å². The molecule has 0 bridgehead atoms. The van der Waals surface area contributed by atoms with Crippen LogP contribution in [0.4, 0.5) is 11.4 Å². The number of ketones is 1. The lowest BCUT2D eigenvalue weighted by atomic mass is 10.1. The third kappa shape index (κ3) is 4.50. The summed E-state index contributed by atoms with van der Waals surface area (Å²) in [7, 11) is 0. The molecule has 2 aromatic carbocycles. The molecule has 1 N–H and O–H groups in total. The van der Waals surface area contributed by atoms with Crippen LogP contribution in [0, 0.1) is 10.1 Å². The van der Waals surface area contributed by atoms with E-state index in [1.165, 1.54) is 26.0 Å². The number of nitrogens with one attached hydrogen (secondary N) is 1. The van der Waals surface area contributed by atoms with Crippen LogP contribution < -0.4 is 10.1 Å². The minimum atomic E-state index is -1.02. The van der Waals surface area contributed by atoms with Gasteiger partial charge in [0, 0.05) is 22.9 Å². The Balaban J connectivity index is 2.10. The van der Waals surface area contributed by atoms with Gasteiger partial charge in [-0.3, -0.25) is 24.5 Å². The quantitative estimate of drug-likeness (QED) is 0.353. The van der Waals surface area contributed by atoms with E-state index in [1.807, 2.05) is 0 Å². The van der Waals surface area contributed by atoms with Crippen molar-refractivity contribution in [1.29, 1.82) is 0 Å². The number of aldehydes is 1. The number of Topliss-reactive ketones (excluding diaryl/α,β-unsaturated/α-hetero) is 1. The van der Waals surface area contributed by atoms with Crippen molar-refractivity contribution in [3.05, 3.63) is 63.7 Å². The third-order valence-corrected chi connectivity index (χ3v) is 3.55. The predicted octanol–water partition coefficient (Wildman–Crippen LogP) is 3.02. The fourth-order valence-electron chi connectivity index (χ4n) is 2.13. The number of rotatable bonds is 7. The molecule has 1 amide bonds. The number of carbonyl (C=O) groups excluding carboxylic acids is 3. The molecule has 0 aliphatic rings. The van der Waals surface area contributed by atoms with Crippen LogP contribution in [0.15, 0.2) is 42.5 Å². The first kappa shape index (κ1) is 18.8. The highest BCUT2D eigenvalue weighted by molar-refractivity contribution is 5.96. The Bertz CT molecular complexity index is 860. The minimum absolute atomic E-state index is 0.0920. The van der Waals surface area contributed by atoms with Gasteiger partial charge in [-0.25, -0.2) is 0 Å². The molecule has 134 valence electrons. The second-order valence-corrected chi connectivity index (χ2v) is 5.48. The lowest BCUT2D eigenvalue weighted by molar-refractivity contribution is -0.386. The molecule has 2 aromatic rings. The molecule has 0 aliphatic carbocycles. The van der Waals surface area contributed by atoms with E-state index >= 15 is 0 Å². The SMILES string of the molecule is CC(=O)c1ccc(NC(=O)[C@@H](C)Oc2ccc(C=O)cc2[N+](=O)[O-])cc1. The second-order valence-electron chi connectivity index (χ2n) is 5.48. The molecule has 0 saturated heterocycles. The van der Waals surface area contributed by atoms with E-state index in [0.717, 1.165) is 6.07 Å². The Morgan fingerprint density at radius 3 is 2.38 bits per heavy atom. The normalized spacial score (nSPS) is 11.3. The Hall–Kier alpha value is -3.55. The number of hydrogen-bond donors (Lipinski definition) is 1. The first-order valence-corrected chi connectivity index (χ1v) is 7.64. The molecule has 0 unspecified atom stereocenters. The van der Waals surface area contributed by atoms with Crippen molar-refractivity contribution < 1.29 is 24.0 Å². The number of ether oxygens (including phenoxy) is 1. The number of carbonyl (C=O) groups is 3. The van der Waals surface area contributed by atoms with Gasteiger partial charge < -0.3 is 10.1 Å². The summed E-state index contributed by atoms with van der Waals surface area (Å²) in [4.78, 5) is 44.6. The Labute approximate surface area is 148 Å². The smallest absolute Gasteiger partial charge is 0.311 e. The Kier molecular flexibility index (Phi) is 5.79. The summed E-state index contributed by atoms with van der Waals surface area (Å²) >= 11 is 0. The van der Waals surface area contributed by atoms with Gasteiger partial charge in [-0.1, -0.05) is 0 Å². The first-order valence-electron chi connectivity index (χ1n) is 7.64. The topological polar surface area (TPSA) is 116 Å². The summed E-state index contributed by atoms with van der Waals surface area (Å²) in [5.41, 5.74) is 0.700. The summed E-state index contributed by atoms with van der Waals surface area (Å²) in [6.45, 7) is 2.88. The van der Waals surface area contributed by atoms with Crippen molar-refractivity contribution in [2.45, 2.75) is 20.0 Å². The van der Waals surface area contributed by atoms with Gasteiger partial charge in [0.15, 0.2) is 17.6 Å². The number of nitro benzene ring substituents is 1. The molecule has 8 heteroatoms. The lowest BCUT2D eigenvalue weighted by Gasteiger charge is -2.15. The molecule has 0 heterocycles. The van der Waals surface area contributed by atoms with Crippen molar-refractivity contribution >= 4 is 29.4 Å². The molecule has 0 fully saturated rings. The zero-order valence-corrected chi connectivity index (χ0v) is 14.1. The van der Waals surface area contributed by atoms with Crippen LogP contribution >= 0.6 is 0 Å². The zero-order valence-electron chi connectivity index (χ0n) is 14.1. The summed E-state index contributed by atoms with van der Waals surface area (Å²) in [5, 5.41) is 13.7. The average Bonchev–Trinajstić information content (AvgIpc) is 2.62. The van der Waals surface area contributed by atoms with Crippen LogP contribution in [0.2, 0.25) is 0 Å². The maximum atomic E-state index is 12.2. The van der Waals surface area contributed by atoms with Gasteiger partial charge >= 0.3 is 5.69 Å². The Morgan fingerprint density at radius 2 is 1.85 bits per heavy atom. The molecule has 0 saturated carbocycles. The van der Waals surface area contributed by atoms with Crippen LogP contribution in [0.1, 0.15) is 34.6 Å². The summed E-state index contributed by atoms with van der Waals surface area (Å²) in [5.74, 6) is -0.727. The largest absolute Gasteiger partial charge is 0.474 e. The van der Waals surface area contributed by atoms with Gasteiger partial charge in [-0.2, -0.15) is 0 Å². The molecule has 0 aromatic heterocycles. The fourth-order valence-corrected chi connectivity index (χ4v) is 2.13. The number of amides is 1. The van der Waals surface area contributed by atoms with Crippen LogP contribution in [-0.2, 0) is 4.79 Å². The molecular formula is C18H16N2O6. The predicted molar refractivity (Wildman–Crippen MR) is 93.7 cm³/mol. The van der Waals surface area contributed by atoms with Crippen molar-refractivity contribution in [3.63, 3.8) is 0 Å². The molecular weight excluding hydrogens is 340 g/mol. The van der Waals surface area contributed by atoms with Gasteiger partial charge in [0.2, 0.25) is 0 Å². The van der Waals surface area contributed by atoms with Gasteiger partial charge in [-0.15, -0.1) is 0 Å². The lowest BCUT2D eigenvalue weighted by Crippen LogP contribution is -2.30. The van der Waals surface area contributed by atoms with E-state index in [4.69, 9.17) is 4.74 Å². The second kappa shape index (κ2) is 8.02. The van der Waals surface area contributed by atoms with E-state index in [1.54, 1.807) is 24.3 Å². The van der Waals surface area contributed by atoms with Crippen LogP contribution in [0.25, 0.3) is 0 Å². The fraction of sp³-hybridized carbons (Fsp3) is 0.167. The molecule has 0 radical (unpaired) electrons. The molecule has 0 aliphatic heterocycles. The maximum absolute atomic E-state index is 12.2. The van der Waals surface area contributed by atoms with Gasteiger partial charge in [0.1, 0.15) is 6.29 Å². The summed E-state index contributed by atoms with van der Waals surface area (Å²) in [6, 6.07) is 10.0. The molecule has 26 heavy (non-hydrogen) atoms. The van der Waals surface area contributed by atoms with E-state index in [2.05, 4.69) is 5.32 Å². The Morgan fingerprint density at radius 1 is 1.19 bits per heavy atom. The van der Waals surface area contributed by atoms with Crippen molar-refractivity contribution in [1.82, 2.24) is 0 Å². The van der Waals surface area contributed by atoms with E-state index in [-0.39, 0.29) is 17.1 Å². The van der Waals surface area contributed by atoms with Gasteiger partial charge in [0.25, 0.3) is 5.91 Å². The zero-order chi connectivity index (χ0) is 19.3. The summed E-state index contributed by atoms with van der Waals surface area (Å²) in [6.07, 6.45) is -0.541. The number of nitro groups is 1. The average molecular weight is 356 g/mol. The highest BCUT2D eigenvalue weighted by Gasteiger charge is 2.22. The molecule has 1 atom stereocenters. The highest BCUT2D eigenvalue weighted by atomic mass is 16.6. The van der Waals surface area contributed by atoms with Crippen molar-refractivity contribution in [2.24, 2.45) is 0 Å². The monoisotopic (exact) mass is 356 g/mol. The van der Waals surface area contributed by atoms with E-state index in [0.29, 0.717) is 17.5 Å². The number of hydrogen-bond acceptors (Lipinski definition) is 6. The third-order valence-electron chi connectivity index (χ3n) is 3.55. The van der Waals surface area contributed by atoms with E-state index in [9.17, 15) is 24.5 Å². The number of benzene rings is 2. The van der Waals surface area contributed by atoms with Gasteiger partial charge in [-0.05, 0) is 50.2 Å². The standard InChI is InChI=1S/C18H16N2O6/c1-11(22)14-4-6-15(7-5-14)19-18(23)12(2)26-17-8-3-13(10-21)9-16(17)20(24)25/h3-10,12H,1-2H3,(H,19,23)/t12-/m1/s1. The molecule has 2 rings (SSSR count). The van der Waals surface area contributed by atoms with Crippen LogP contribution in [0.5, 0.6) is 5.75 Å². The van der Waals surface area contributed by atoms with Crippen molar-refractivity contribution in [2.75, 3.05) is 5.32 Å². The summed E-state index contributed by atoms with van der Waals surface area (Å²) < 4.78 is 5.38. The van der Waals surface area contributed by atoms with Crippen LogP contribution in [0.3, 0.4) is 0 Å². The minimum Gasteiger partial charge on any atom is -0.474 e. The number of nitrogens with zero attached hydrogens (tertiary/aromatic N) is 1. The van der Waals surface area contributed by atoms with E-state index < -0.39 is 22.6 Å². The highest BCUT2D eigenvalue weighted by Crippen LogP contribution is 2.28. The number of anilines is 1. The maximum Gasteiger partial charge on any atom is 0.311 e. The molecule has 0 spiro atoms. The molecule has 8 nitrogen and oxygen atoms in total. The van der Waals surface area contributed by atoms with Gasteiger partial charge in [0.05, 0.1) is 4.92 Å². The first-order chi connectivity index (χ1) is 12.3.